The van der Waals surface area contributed by atoms with Gasteiger partial charge in [-0.3, -0.25) is 14.3 Å². The zero-order valence-electron chi connectivity index (χ0n) is 20.5. The fourth-order valence-electron chi connectivity index (χ4n) is 4.57. The summed E-state index contributed by atoms with van der Waals surface area (Å²) in [6.45, 7) is 6.53. The lowest BCUT2D eigenvalue weighted by Crippen LogP contribution is -2.38. The Morgan fingerprint density at radius 3 is 2.84 bits per heavy atom. The Labute approximate surface area is 221 Å². The fraction of sp³-hybridized carbons (Fsp3) is 0.231. The molecule has 0 spiro atoms. The predicted molar refractivity (Wildman–Crippen MR) is 141 cm³/mol. The summed E-state index contributed by atoms with van der Waals surface area (Å²) in [6, 6.07) is 9.68. The molecule has 1 aliphatic heterocycles. The van der Waals surface area contributed by atoms with Gasteiger partial charge in [0.25, 0.3) is 5.91 Å². The van der Waals surface area contributed by atoms with E-state index < -0.39 is 12.1 Å². The minimum atomic E-state index is -1.24. The van der Waals surface area contributed by atoms with Crippen molar-refractivity contribution in [1.82, 2.24) is 24.6 Å². The lowest BCUT2D eigenvalue weighted by atomic mass is 9.95. The molecule has 2 atom stereocenters. The van der Waals surface area contributed by atoms with Crippen molar-refractivity contribution in [3.63, 3.8) is 0 Å². The molecule has 1 unspecified atom stereocenters. The number of carbonyl (C=O) groups excluding carboxylic acids is 2. The molecule has 0 aliphatic carbocycles. The Balaban J connectivity index is 1.46. The van der Waals surface area contributed by atoms with Gasteiger partial charge in [0.15, 0.2) is 11.4 Å². The molecule has 1 aliphatic rings. The smallest absolute Gasteiger partial charge is 0.270 e. The number of rotatable bonds is 8. The van der Waals surface area contributed by atoms with Gasteiger partial charge >= 0.3 is 0 Å². The number of nitrogens with one attached hydrogen (secondary N) is 3. The molecule has 4 aromatic rings. The number of thiazole rings is 1. The van der Waals surface area contributed by atoms with E-state index in [4.69, 9.17) is 5.10 Å². The highest BCUT2D eigenvalue weighted by Crippen LogP contribution is 2.35. The van der Waals surface area contributed by atoms with Crippen LogP contribution in [0.2, 0.25) is 0 Å². The summed E-state index contributed by atoms with van der Waals surface area (Å²) in [4.78, 5) is 33.7. The number of aromatic nitrogens is 4. The van der Waals surface area contributed by atoms with Crippen LogP contribution in [0.3, 0.4) is 0 Å². The molecular formula is C26H26FN7O3S. The Kier molecular flexibility index (Phi) is 7.07. The second-order valence-electron chi connectivity index (χ2n) is 8.98. The number of anilines is 2. The first-order chi connectivity index (χ1) is 18.3. The maximum atomic E-state index is 13.5. The van der Waals surface area contributed by atoms with Gasteiger partial charge in [-0.2, -0.15) is 5.10 Å². The van der Waals surface area contributed by atoms with Crippen molar-refractivity contribution >= 4 is 34.1 Å². The van der Waals surface area contributed by atoms with E-state index in [-0.39, 0.29) is 24.2 Å². The van der Waals surface area contributed by atoms with Crippen LogP contribution >= 0.6 is 11.3 Å². The lowest BCUT2D eigenvalue weighted by molar-refractivity contribution is -0.111. The van der Waals surface area contributed by atoms with Gasteiger partial charge in [-0.1, -0.05) is 25.6 Å². The first kappa shape index (κ1) is 25.4. The molecule has 0 saturated carbocycles. The quantitative estimate of drug-likeness (QED) is 0.201. The van der Waals surface area contributed by atoms with E-state index in [2.05, 4.69) is 27.2 Å². The van der Waals surface area contributed by atoms with E-state index in [0.29, 0.717) is 35.4 Å². The number of aliphatic hydroxyl groups is 1. The number of nitrogens with zero attached hydrogens (tertiary/aromatic N) is 4. The predicted octanol–water partition coefficient (Wildman–Crippen LogP) is 3.84. The molecule has 3 aromatic heterocycles. The van der Waals surface area contributed by atoms with Crippen molar-refractivity contribution in [3.05, 3.63) is 94.7 Å². The van der Waals surface area contributed by atoms with Gasteiger partial charge in [0, 0.05) is 41.8 Å². The monoisotopic (exact) mass is 535 g/mol. The molecule has 4 heterocycles. The maximum absolute atomic E-state index is 13.5. The van der Waals surface area contributed by atoms with Gasteiger partial charge in [-0.15, -0.1) is 11.3 Å². The number of H-pyrrole nitrogens is 1. The van der Waals surface area contributed by atoms with Crippen molar-refractivity contribution in [2.24, 2.45) is 0 Å². The van der Waals surface area contributed by atoms with Crippen molar-refractivity contribution in [2.45, 2.75) is 32.2 Å². The third-order valence-corrected chi connectivity index (χ3v) is 7.03. The number of aromatic amines is 1. The Morgan fingerprint density at radius 1 is 1.34 bits per heavy atom. The van der Waals surface area contributed by atoms with Gasteiger partial charge < -0.3 is 25.6 Å². The maximum Gasteiger partial charge on any atom is 0.270 e. The van der Waals surface area contributed by atoms with Crippen LogP contribution in [0.4, 0.5) is 15.3 Å². The van der Waals surface area contributed by atoms with Gasteiger partial charge in [0.1, 0.15) is 23.0 Å². The van der Waals surface area contributed by atoms with Gasteiger partial charge in [0.2, 0.25) is 5.91 Å². The summed E-state index contributed by atoms with van der Waals surface area (Å²) in [5, 5.41) is 23.5. The summed E-state index contributed by atoms with van der Waals surface area (Å²) in [7, 11) is 0. The van der Waals surface area contributed by atoms with Crippen molar-refractivity contribution < 1.29 is 19.1 Å². The van der Waals surface area contributed by atoms with E-state index in [9.17, 15) is 19.1 Å². The molecule has 0 bridgehead atoms. The number of amides is 2. The first-order valence-corrected chi connectivity index (χ1v) is 12.8. The molecule has 1 aromatic carbocycles. The van der Waals surface area contributed by atoms with E-state index in [0.717, 1.165) is 22.9 Å². The van der Waals surface area contributed by atoms with Crippen LogP contribution in [-0.2, 0) is 17.9 Å². The molecular weight excluding hydrogens is 509 g/mol. The average Bonchev–Trinajstić information content (AvgIpc) is 3.66. The number of hydrogen-bond donors (Lipinski definition) is 4. The molecule has 0 fully saturated rings. The van der Waals surface area contributed by atoms with Crippen LogP contribution in [0.1, 0.15) is 52.1 Å². The molecule has 0 saturated heterocycles. The number of hydrogen-bond acceptors (Lipinski definition) is 7. The molecule has 10 nitrogen and oxygen atoms in total. The zero-order valence-corrected chi connectivity index (χ0v) is 21.3. The highest BCUT2D eigenvalue weighted by Gasteiger charge is 2.34. The van der Waals surface area contributed by atoms with Crippen molar-refractivity contribution in [1.29, 1.82) is 0 Å². The minimum absolute atomic E-state index is 0.0767. The standard InChI is InChI=1S/C26H26FN7O3S/c1-3-21(35)29-20-14-38-26(30-20)31-24(36)22-18-13-33(25(37)19-5-4-10-28-19)11-15(2)23(18)34(32-22)12-16-6-8-17(27)9-7-16/h3-10,14-15,24,28,36H,1,11-13H2,2H3,(H,29,35)(H,30,31)/t15-,24?/m1/s1. The van der Waals surface area contributed by atoms with Crippen LogP contribution in [0.15, 0.2) is 60.6 Å². The number of halogens is 1. The minimum Gasteiger partial charge on any atom is -0.368 e. The number of carbonyl (C=O) groups is 2. The Hall–Kier alpha value is -4.29. The molecule has 5 rings (SSSR count). The molecule has 4 N–H and O–H groups in total. The molecule has 196 valence electrons. The second-order valence-corrected chi connectivity index (χ2v) is 9.84. The SMILES string of the molecule is C=CC(=O)Nc1csc(NC(O)c2nn(Cc3ccc(F)cc3)c3c2CN(C(=O)c2ccc[nH]2)C[C@H]3C)n1. The first-order valence-electron chi connectivity index (χ1n) is 11.9. The van der Waals surface area contributed by atoms with Crippen LogP contribution in [0.5, 0.6) is 0 Å². The summed E-state index contributed by atoms with van der Waals surface area (Å²) >= 11 is 1.21. The van der Waals surface area contributed by atoms with Crippen molar-refractivity contribution in [2.75, 3.05) is 17.2 Å². The van der Waals surface area contributed by atoms with Crippen LogP contribution in [-0.4, -0.2) is 48.1 Å². The van der Waals surface area contributed by atoms with Gasteiger partial charge in [-0.25, -0.2) is 9.37 Å². The molecule has 38 heavy (non-hydrogen) atoms. The Bertz CT molecular complexity index is 1460. The number of aliphatic hydroxyl groups excluding tert-OH is 1. The van der Waals surface area contributed by atoms with Gasteiger partial charge in [0.05, 0.1) is 6.54 Å². The largest absolute Gasteiger partial charge is 0.368 e. The summed E-state index contributed by atoms with van der Waals surface area (Å²) in [5.41, 5.74) is 3.34. The van der Waals surface area contributed by atoms with Gasteiger partial charge in [-0.05, 0) is 35.9 Å². The van der Waals surface area contributed by atoms with E-state index in [1.165, 1.54) is 23.5 Å². The number of benzene rings is 1. The normalized spacial score (nSPS) is 15.6. The molecule has 0 radical (unpaired) electrons. The summed E-state index contributed by atoms with van der Waals surface area (Å²) in [6.07, 6.45) is 1.61. The molecule has 12 heteroatoms. The topological polar surface area (TPSA) is 128 Å². The second kappa shape index (κ2) is 10.6. The van der Waals surface area contributed by atoms with E-state index in [1.807, 2.05) is 11.6 Å². The third kappa shape index (κ3) is 5.22. The van der Waals surface area contributed by atoms with Crippen LogP contribution < -0.4 is 10.6 Å². The Morgan fingerprint density at radius 2 is 2.13 bits per heavy atom. The van der Waals surface area contributed by atoms with E-state index in [1.54, 1.807) is 40.7 Å². The third-order valence-electron chi connectivity index (χ3n) is 6.26. The lowest BCUT2D eigenvalue weighted by Gasteiger charge is -2.32. The summed E-state index contributed by atoms with van der Waals surface area (Å²) < 4.78 is 15.3. The van der Waals surface area contributed by atoms with Crippen LogP contribution in [0.25, 0.3) is 0 Å². The van der Waals surface area contributed by atoms with Crippen LogP contribution in [0, 0.1) is 5.82 Å². The van der Waals surface area contributed by atoms with Crippen molar-refractivity contribution in [3.8, 4) is 0 Å². The highest BCUT2D eigenvalue weighted by atomic mass is 32.1. The average molecular weight is 536 g/mol. The fourth-order valence-corrected chi connectivity index (χ4v) is 5.23. The molecule has 2 amide bonds. The highest BCUT2D eigenvalue weighted by molar-refractivity contribution is 7.14. The number of fused-ring (bicyclic) bond motifs is 1. The summed E-state index contributed by atoms with van der Waals surface area (Å²) in [5.74, 6) is -0.607. The van der Waals surface area contributed by atoms with E-state index >= 15 is 0 Å². The zero-order chi connectivity index (χ0) is 26.8.